The van der Waals surface area contributed by atoms with Crippen molar-refractivity contribution >= 4 is 34.7 Å². The number of carbonyl (C=O) groups excluding carboxylic acids is 2. The Hall–Kier alpha value is -4.34. The maximum atomic E-state index is 12.7. The molecule has 1 saturated heterocycles. The number of carboxylic acids is 1. The minimum atomic E-state index is -0.952. The predicted molar refractivity (Wildman–Crippen MR) is 154 cm³/mol. The maximum Gasteiger partial charge on any atom is 0.410 e. The topological polar surface area (TPSA) is 117 Å². The van der Waals surface area contributed by atoms with Crippen LogP contribution in [0.25, 0.3) is 11.0 Å². The van der Waals surface area contributed by atoms with Crippen LogP contribution in [0.5, 0.6) is 0 Å². The molecule has 1 fully saturated rings. The Balaban J connectivity index is 1.30. The van der Waals surface area contributed by atoms with E-state index < -0.39 is 11.6 Å². The lowest BCUT2D eigenvalue weighted by atomic mass is 10.1. The summed E-state index contributed by atoms with van der Waals surface area (Å²) in [6.07, 6.45) is 6.02. The van der Waals surface area contributed by atoms with Crippen LogP contribution in [0.3, 0.4) is 0 Å². The van der Waals surface area contributed by atoms with E-state index in [1.165, 1.54) is 10.8 Å². The number of aromatic nitrogens is 2. The highest BCUT2D eigenvalue weighted by Gasteiger charge is 2.32. The Morgan fingerprint density at radius 3 is 2.60 bits per heavy atom. The lowest BCUT2D eigenvalue weighted by Gasteiger charge is -2.42. The van der Waals surface area contributed by atoms with Crippen molar-refractivity contribution in [1.82, 2.24) is 19.8 Å². The van der Waals surface area contributed by atoms with Crippen LogP contribution >= 0.6 is 0 Å². The summed E-state index contributed by atoms with van der Waals surface area (Å²) < 4.78 is 7.14. The Labute approximate surface area is 234 Å². The number of amides is 2. The van der Waals surface area contributed by atoms with Crippen molar-refractivity contribution in [2.24, 2.45) is 0 Å². The Morgan fingerprint density at radius 1 is 1.18 bits per heavy atom. The highest BCUT2D eigenvalue weighted by molar-refractivity contribution is 5.97. The van der Waals surface area contributed by atoms with Crippen LogP contribution < -0.4 is 10.2 Å². The van der Waals surface area contributed by atoms with Gasteiger partial charge in [0.2, 0.25) is 0 Å². The number of carboxylic acid groups (broad SMARTS) is 1. The second-order valence-electron chi connectivity index (χ2n) is 10.9. The van der Waals surface area contributed by atoms with Crippen molar-refractivity contribution in [3.8, 4) is 0 Å². The Kier molecular flexibility index (Phi) is 8.77. The minimum absolute atomic E-state index is 0.0135. The molecule has 40 heavy (non-hydrogen) atoms. The van der Waals surface area contributed by atoms with E-state index in [1.54, 1.807) is 23.2 Å². The van der Waals surface area contributed by atoms with E-state index in [9.17, 15) is 14.4 Å². The average Bonchev–Trinajstić information content (AvgIpc) is 3.29. The molecule has 1 aliphatic rings. The highest BCUT2D eigenvalue weighted by atomic mass is 16.6. The van der Waals surface area contributed by atoms with Gasteiger partial charge in [-0.1, -0.05) is 18.2 Å². The predicted octanol–water partition coefficient (Wildman–Crippen LogP) is 4.10. The van der Waals surface area contributed by atoms with Crippen LogP contribution in [-0.2, 0) is 22.5 Å². The van der Waals surface area contributed by atoms with Gasteiger partial charge in [-0.25, -0.2) is 9.78 Å². The van der Waals surface area contributed by atoms with E-state index >= 15 is 0 Å². The molecule has 2 aromatic heterocycles. The summed E-state index contributed by atoms with van der Waals surface area (Å²) in [7, 11) is 0. The first kappa shape index (κ1) is 28.7. The maximum absolute atomic E-state index is 12.7. The third kappa shape index (κ3) is 7.19. The molecule has 4 rings (SSSR count). The van der Waals surface area contributed by atoms with Crippen LogP contribution in [0.2, 0.25) is 0 Å². The van der Waals surface area contributed by atoms with Crippen LogP contribution in [0.15, 0.2) is 61.4 Å². The number of fused-ring (bicyclic) bond motifs is 1. The number of ether oxygens (including phenoxy) is 1. The number of piperazine rings is 1. The van der Waals surface area contributed by atoms with Gasteiger partial charge >= 0.3 is 12.1 Å². The average molecular weight is 548 g/mol. The fourth-order valence-corrected chi connectivity index (χ4v) is 4.82. The van der Waals surface area contributed by atoms with Crippen molar-refractivity contribution < 1.29 is 24.2 Å². The number of pyridine rings is 1. The van der Waals surface area contributed by atoms with E-state index in [0.29, 0.717) is 55.6 Å². The molecule has 0 radical (unpaired) electrons. The normalized spacial score (nSPS) is 15.6. The van der Waals surface area contributed by atoms with Gasteiger partial charge in [0, 0.05) is 49.6 Å². The van der Waals surface area contributed by atoms with E-state index in [2.05, 4.69) is 46.0 Å². The minimum Gasteiger partial charge on any atom is -0.480 e. The first-order valence-electron chi connectivity index (χ1n) is 13.4. The zero-order chi connectivity index (χ0) is 28.9. The van der Waals surface area contributed by atoms with Gasteiger partial charge in [0.1, 0.15) is 17.8 Å². The molecule has 2 N–H and O–H groups in total. The number of nitrogens with zero attached hydrogens (tertiary/aromatic N) is 4. The smallest absolute Gasteiger partial charge is 0.410 e. The highest BCUT2D eigenvalue weighted by Crippen LogP contribution is 2.23. The van der Waals surface area contributed by atoms with Gasteiger partial charge in [0.15, 0.2) is 0 Å². The number of anilines is 1. The summed E-state index contributed by atoms with van der Waals surface area (Å²) in [4.78, 5) is 44.7. The summed E-state index contributed by atoms with van der Waals surface area (Å²) in [5.74, 6) is -1.18. The summed E-state index contributed by atoms with van der Waals surface area (Å²) in [5.41, 5.74) is 2.60. The van der Waals surface area contributed by atoms with E-state index in [-0.39, 0.29) is 24.6 Å². The van der Waals surface area contributed by atoms with Crippen LogP contribution in [0.1, 0.15) is 43.1 Å². The summed E-state index contributed by atoms with van der Waals surface area (Å²) in [6, 6.07) is 11.7. The Morgan fingerprint density at radius 2 is 1.93 bits per heavy atom. The number of benzene rings is 1. The fourth-order valence-electron chi connectivity index (χ4n) is 4.82. The van der Waals surface area contributed by atoms with E-state index in [4.69, 9.17) is 9.84 Å². The number of carbonyl (C=O) groups is 3. The lowest BCUT2D eigenvalue weighted by molar-refractivity contribution is -0.137. The molecule has 0 unspecified atom stereocenters. The molecule has 0 spiro atoms. The van der Waals surface area contributed by atoms with Crippen molar-refractivity contribution in [3.05, 3.63) is 72.6 Å². The fraction of sp³-hybridized carbons (Fsp3) is 0.400. The first-order chi connectivity index (χ1) is 19.0. The van der Waals surface area contributed by atoms with Gasteiger partial charge in [-0.3, -0.25) is 9.59 Å². The lowest BCUT2D eigenvalue weighted by Crippen LogP contribution is -2.56. The summed E-state index contributed by atoms with van der Waals surface area (Å²) in [5, 5.41) is 12.7. The molecule has 212 valence electrons. The van der Waals surface area contributed by atoms with Crippen LogP contribution in [0.4, 0.5) is 10.5 Å². The van der Waals surface area contributed by atoms with E-state index in [1.807, 2.05) is 26.8 Å². The van der Waals surface area contributed by atoms with Gasteiger partial charge < -0.3 is 29.5 Å². The molecular formula is C30H37N5O5. The number of rotatable bonds is 9. The van der Waals surface area contributed by atoms with Gasteiger partial charge in [-0.15, -0.1) is 6.58 Å². The zero-order valence-corrected chi connectivity index (χ0v) is 23.3. The first-order valence-corrected chi connectivity index (χ1v) is 13.4. The molecule has 2 amide bonds. The van der Waals surface area contributed by atoms with Gasteiger partial charge in [-0.2, -0.15) is 0 Å². The molecule has 1 aliphatic heterocycles. The second-order valence-corrected chi connectivity index (χ2v) is 10.9. The van der Waals surface area contributed by atoms with E-state index in [0.717, 1.165) is 11.3 Å². The third-order valence-electron chi connectivity index (χ3n) is 6.72. The number of aliphatic carboxylic acids is 1. The Bertz CT molecular complexity index is 1380. The van der Waals surface area contributed by atoms with Gasteiger partial charge in [0.25, 0.3) is 5.91 Å². The SMILES string of the molecule is C=CC[C@@H]1CN(c2ccc(CCNC(=O)c3cnc4c(ccn4CC(=O)O)c3)cc2)CCN1C(=O)OC(C)(C)C. The second kappa shape index (κ2) is 12.2. The number of nitrogens with one attached hydrogen (secondary N) is 1. The molecule has 10 heteroatoms. The van der Waals surface area contributed by atoms with Crippen molar-refractivity contribution in [1.29, 1.82) is 0 Å². The largest absolute Gasteiger partial charge is 0.480 e. The summed E-state index contributed by atoms with van der Waals surface area (Å²) in [6.45, 7) is 11.7. The molecule has 1 aromatic carbocycles. The molecule has 0 aliphatic carbocycles. The van der Waals surface area contributed by atoms with Crippen LogP contribution in [-0.4, -0.2) is 75.3 Å². The molecule has 3 heterocycles. The van der Waals surface area contributed by atoms with Crippen molar-refractivity contribution in [2.75, 3.05) is 31.1 Å². The number of hydrogen-bond donors (Lipinski definition) is 2. The molecule has 10 nitrogen and oxygen atoms in total. The molecular weight excluding hydrogens is 510 g/mol. The number of hydrogen-bond acceptors (Lipinski definition) is 6. The quantitative estimate of drug-likeness (QED) is 0.388. The summed E-state index contributed by atoms with van der Waals surface area (Å²) >= 11 is 0. The van der Waals surface area contributed by atoms with Crippen molar-refractivity contribution in [3.63, 3.8) is 0 Å². The third-order valence-corrected chi connectivity index (χ3v) is 6.72. The molecule has 1 atom stereocenters. The molecule has 3 aromatic rings. The molecule has 0 bridgehead atoms. The molecule has 0 saturated carbocycles. The van der Waals surface area contributed by atoms with Gasteiger partial charge in [-0.05, 0) is 63.4 Å². The van der Waals surface area contributed by atoms with Crippen molar-refractivity contribution in [2.45, 2.75) is 51.8 Å². The monoisotopic (exact) mass is 547 g/mol. The van der Waals surface area contributed by atoms with Gasteiger partial charge in [0.05, 0.1) is 11.6 Å². The standard InChI is InChI=1S/C30H37N5O5/c1-5-6-25-19-33(15-16-35(25)29(39)40-30(2,3)4)24-9-7-21(8-10-24)11-13-31-28(38)23-17-22-12-14-34(20-26(36)37)27(22)32-18-23/h5,7-10,12,14,17-18,25H,1,6,11,13,15-16,19-20H2,2-4H3,(H,31,38)(H,36,37)/t25-/m1/s1. The van der Waals surface area contributed by atoms with Crippen LogP contribution in [0, 0.1) is 0 Å². The zero-order valence-electron chi connectivity index (χ0n) is 23.3.